The van der Waals surface area contributed by atoms with Crippen LogP contribution in [-0.4, -0.2) is 60.0 Å². The first-order valence-electron chi connectivity index (χ1n) is 10.1. The number of hydrogen-bond acceptors (Lipinski definition) is 4. The number of guanidine groups is 1. The van der Waals surface area contributed by atoms with Crippen LogP contribution in [0.2, 0.25) is 0 Å². The third kappa shape index (κ3) is 5.42. The fourth-order valence-corrected chi connectivity index (χ4v) is 3.76. The number of rotatable bonds is 5. The summed E-state index contributed by atoms with van der Waals surface area (Å²) < 4.78 is 13.4. The highest BCUT2D eigenvalue weighted by Crippen LogP contribution is 2.26. The fraction of sp³-hybridized carbons (Fsp3) is 0.524. The highest BCUT2D eigenvalue weighted by Gasteiger charge is 2.25. The summed E-state index contributed by atoms with van der Waals surface area (Å²) in [5.74, 6) is 2.00. The predicted molar refractivity (Wildman–Crippen MR) is 124 cm³/mol. The first-order valence-corrected chi connectivity index (χ1v) is 10.1. The minimum atomic E-state index is 0. The maximum absolute atomic E-state index is 5.96. The van der Waals surface area contributed by atoms with Crippen molar-refractivity contribution in [2.45, 2.75) is 25.9 Å². The molecule has 1 aromatic carbocycles. The van der Waals surface area contributed by atoms with Gasteiger partial charge in [-0.05, 0) is 30.5 Å². The molecule has 0 spiro atoms. The summed E-state index contributed by atoms with van der Waals surface area (Å²) in [5, 5.41) is 7.71. The van der Waals surface area contributed by atoms with Gasteiger partial charge in [0.15, 0.2) is 5.96 Å². The Hall–Kier alpha value is -1.81. The lowest BCUT2D eigenvalue weighted by atomic mass is 10.1. The monoisotopic (exact) mass is 511 g/mol. The van der Waals surface area contributed by atoms with Crippen molar-refractivity contribution in [3.63, 3.8) is 0 Å². The van der Waals surface area contributed by atoms with Crippen molar-refractivity contribution in [2.75, 3.05) is 39.4 Å². The number of aliphatic imine (C=N–C) groups is 1. The van der Waals surface area contributed by atoms with Gasteiger partial charge in [0.05, 0.1) is 26.0 Å². The SMILES string of the molecule is CCNC(=NCCc1ccc2c(c1)CCO2)N1CCOC(c2cnn(C)c2)C1.I. The fourth-order valence-electron chi connectivity index (χ4n) is 3.76. The number of benzene rings is 1. The van der Waals surface area contributed by atoms with E-state index in [1.54, 1.807) is 0 Å². The summed E-state index contributed by atoms with van der Waals surface area (Å²) in [6.07, 6.45) is 5.88. The topological polar surface area (TPSA) is 63.9 Å². The van der Waals surface area contributed by atoms with E-state index >= 15 is 0 Å². The third-order valence-corrected chi connectivity index (χ3v) is 5.21. The number of halogens is 1. The van der Waals surface area contributed by atoms with Crippen molar-refractivity contribution in [3.8, 4) is 5.75 Å². The smallest absolute Gasteiger partial charge is 0.194 e. The molecule has 7 nitrogen and oxygen atoms in total. The molecule has 29 heavy (non-hydrogen) atoms. The van der Waals surface area contributed by atoms with Crippen LogP contribution < -0.4 is 10.1 Å². The largest absolute Gasteiger partial charge is 0.493 e. The van der Waals surface area contributed by atoms with E-state index < -0.39 is 0 Å². The first-order chi connectivity index (χ1) is 13.7. The Labute approximate surface area is 189 Å². The first kappa shape index (κ1) is 21.9. The van der Waals surface area contributed by atoms with E-state index in [2.05, 4.69) is 40.4 Å². The zero-order valence-corrected chi connectivity index (χ0v) is 19.5. The Balaban J connectivity index is 0.00000240. The highest BCUT2D eigenvalue weighted by molar-refractivity contribution is 14.0. The van der Waals surface area contributed by atoms with Gasteiger partial charge in [-0.15, -0.1) is 24.0 Å². The molecule has 1 saturated heterocycles. The molecule has 158 valence electrons. The Kier molecular flexibility index (Phi) is 7.77. The summed E-state index contributed by atoms with van der Waals surface area (Å²) in [5.41, 5.74) is 3.75. The second-order valence-electron chi connectivity index (χ2n) is 7.28. The molecule has 8 heteroatoms. The Bertz CT molecular complexity index is 838. The second-order valence-corrected chi connectivity index (χ2v) is 7.28. The van der Waals surface area contributed by atoms with Crippen LogP contribution in [0.3, 0.4) is 0 Å². The molecular formula is C21H30IN5O2. The average Bonchev–Trinajstić information content (AvgIpc) is 3.36. The molecule has 1 atom stereocenters. The van der Waals surface area contributed by atoms with Crippen LogP contribution in [0.15, 0.2) is 35.6 Å². The van der Waals surface area contributed by atoms with Crippen molar-refractivity contribution in [2.24, 2.45) is 12.0 Å². The lowest BCUT2D eigenvalue weighted by Crippen LogP contribution is -2.48. The molecule has 3 heterocycles. The molecule has 0 radical (unpaired) electrons. The van der Waals surface area contributed by atoms with Gasteiger partial charge in [0.2, 0.25) is 0 Å². The van der Waals surface area contributed by atoms with Gasteiger partial charge in [0, 0.05) is 44.9 Å². The zero-order valence-electron chi connectivity index (χ0n) is 17.1. The van der Waals surface area contributed by atoms with Crippen molar-refractivity contribution >= 4 is 29.9 Å². The van der Waals surface area contributed by atoms with Crippen LogP contribution in [0.5, 0.6) is 5.75 Å². The average molecular weight is 511 g/mol. The second kappa shape index (κ2) is 10.3. The molecule has 0 saturated carbocycles. The summed E-state index contributed by atoms with van der Waals surface area (Å²) in [4.78, 5) is 7.18. The van der Waals surface area contributed by atoms with E-state index in [0.29, 0.717) is 6.61 Å². The molecule has 0 bridgehead atoms. The van der Waals surface area contributed by atoms with Gasteiger partial charge in [-0.2, -0.15) is 5.10 Å². The number of nitrogens with zero attached hydrogens (tertiary/aromatic N) is 4. The quantitative estimate of drug-likeness (QED) is 0.380. The molecule has 1 aromatic heterocycles. The molecular weight excluding hydrogens is 481 g/mol. The standard InChI is InChI=1S/C21H29N5O2.HI/c1-3-22-21(23-8-6-16-4-5-19-17(12-16)7-10-27-19)26-9-11-28-20(15-26)18-13-24-25(2)14-18;/h4-5,12-14,20H,3,6-11,15H2,1-2H3,(H,22,23);1H. The lowest BCUT2D eigenvalue weighted by molar-refractivity contribution is -0.00803. The van der Waals surface area contributed by atoms with Crippen molar-refractivity contribution in [3.05, 3.63) is 47.3 Å². The predicted octanol–water partition coefficient (Wildman–Crippen LogP) is 2.55. The van der Waals surface area contributed by atoms with Crippen LogP contribution in [0, 0.1) is 0 Å². The van der Waals surface area contributed by atoms with Crippen LogP contribution in [0.25, 0.3) is 0 Å². The van der Waals surface area contributed by atoms with E-state index in [9.17, 15) is 0 Å². The molecule has 2 aliphatic rings. The Morgan fingerprint density at radius 1 is 1.34 bits per heavy atom. The number of ether oxygens (including phenoxy) is 2. The third-order valence-electron chi connectivity index (χ3n) is 5.21. The van der Waals surface area contributed by atoms with Crippen LogP contribution in [0.1, 0.15) is 29.7 Å². The molecule has 2 aliphatic heterocycles. The van der Waals surface area contributed by atoms with Gasteiger partial charge in [-0.1, -0.05) is 12.1 Å². The van der Waals surface area contributed by atoms with E-state index in [1.165, 1.54) is 11.1 Å². The number of nitrogens with one attached hydrogen (secondary N) is 1. The van der Waals surface area contributed by atoms with E-state index in [4.69, 9.17) is 14.5 Å². The summed E-state index contributed by atoms with van der Waals surface area (Å²) in [6, 6.07) is 6.50. The molecule has 4 rings (SSSR count). The van der Waals surface area contributed by atoms with Gasteiger partial charge < -0.3 is 19.7 Å². The van der Waals surface area contributed by atoms with Crippen LogP contribution in [-0.2, 0) is 24.6 Å². The summed E-state index contributed by atoms with van der Waals surface area (Å²) in [7, 11) is 1.93. The Morgan fingerprint density at radius 3 is 3.03 bits per heavy atom. The molecule has 0 amide bonds. The van der Waals surface area contributed by atoms with Crippen molar-refractivity contribution in [1.82, 2.24) is 20.0 Å². The van der Waals surface area contributed by atoms with E-state index in [-0.39, 0.29) is 30.1 Å². The minimum absolute atomic E-state index is 0. The van der Waals surface area contributed by atoms with Gasteiger partial charge >= 0.3 is 0 Å². The van der Waals surface area contributed by atoms with Gasteiger partial charge in [-0.3, -0.25) is 9.67 Å². The molecule has 0 aliphatic carbocycles. The molecule has 1 N–H and O–H groups in total. The maximum Gasteiger partial charge on any atom is 0.194 e. The minimum Gasteiger partial charge on any atom is -0.493 e. The number of fused-ring (bicyclic) bond motifs is 1. The molecule has 1 fully saturated rings. The van der Waals surface area contributed by atoms with Crippen LogP contribution >= 0.6 is 24.0 Å². The molecule has 2 aromatic rings. The maximum atomic E-state index is 5.96. The van der Waals surface area contributed by atoms with Crippen molar-refractivity contribution in [1.29, 1.82) is 0 Å². The number of aryl methyl sites for hydroxylation is 1. The van der Waals surface area contributed by atoms with Crippen molar-refractivity contribution < 1.29 is 9.47 Å². The Morgan fingerprint density at radius 2 is 2.24 bits per heavy atom. The lowest BCUT2D eigenvalue weighted by Gasteiger charge is -2.34. The van der Waals surface area contributed by atoms with Gasteiger partial charge in [0.25, 0.3) is 0 Å². The van der Waals surface area contributed by atoms with Gasteiger partial charge in [-0.25, -0.2) is 0 Å². The number of aromatic nitrogens is 2. The normalized spacial score (nSPS) is 18.8. The molecule has 1 unspecified atom stereocenters. The summed E-state index contributed by atoms with van der Waals surface area (Å²) >= 11 is 0. The van der Waals surface area contributed by atoms with E-state index in [0.717, 1.165) is 62.9 Å². The van der Waals surface area contributed by atoms with E-state index in [1.807, 2.05) is 24.1 Å². The zero-order chi connectivity index (χ0) is 19.3. The number of morpholine rings is 1. The highest BCUT2D eigenvalue weighted by atomic mass is 127. The van der Waals surface area contributed by atoms with Gasteiger partial charge in [0.1, 0.15) is 11.9 Å². The summed E-state index contributed by atoms with van der Waals surface area (Å²) in [6.45, 7) is 6.84. The number of hydrogen-bond donors (Lipinski definition) is 1. The van der Waals surface area contributed by atoms with Crippen LogP contribution in [0.4, 0.5) is 0 Å².